The Bertz CT molecular complexity index is 3630. The van der Waals surface area contributed by atoms with Gasteiger partial charge in [-0.2, -0.15) is 0 Å². The number of hydrogen-bond acceptors (Lipinski definition) is 4. The molecule has 68 heavy (non-hydrogen) atoms. The van der Waals surface area contributed by atoms with Crippen molar-refractivity contribution in [2.75, 3.05) is 9.71 Å². The lowest BCUT2D eigenvalue weighted by atomic mass is 9.46. The van der Waals surface area contributed by atoms with E-state index in [2.05, 4.69) is 220 Å². The smallest absolute Gasteiger partial charge is 0.343 e. The van der Waals surface area contributed by atoms with E-state index in [4.69, 9.17) is 4.42 Å². The summed E-state index contributed by atoms with van der Waals surface area (Å²) < 4.78 is 10.0. The third-order valence-electron chi connectivity index (χ3n) is 16.8. The maximum absolute atomic E-state index is 7.28. The summed E-state index contributed by atoms with van der Waals surface area (Å²) in [5.74, 6) is 0. The molecule has 0 fully saturated rings. The van der Waals surface area contributed by atoms with E-state index in [0.717, 1.165) is 39.7 Å². The summed E-state index contributed by atoms with van der Waals surface area (Å²) in [6.07, 6.45) is 2.34. The second-order valence-electron chi connectivity index (χ2n) is 24.4. The molecule has 5 heteroatoms. The highest BCUT2D eigenvalue weighted by Crippen LogP contribution is 2.58. The van der Waals surface area contributed by atoms with Crippen molar-refractivity contribution in [2.45, 2.75) is 123 Å². The number of anilines is 5. The van der Waals surface area contributed by atoms with Crippen LogP contribution in [0.3, 0.4) is 0 Å². The van der Waals surface area contributed by atoms with Crippen LogP contribution in [0.15, 0.2) is 132 Å². The van der Waals surface area contributed by atoms with E-state index in [1.807, 2.05) is 11.3 Å². The molecule has 0 spiro atoms. The van der Waals surface area contributed by atoms with Gasteiger partial charge in [-0.05, 0) is 151 Å². The molecule has 7 aromatic carbocycles. The normalized spacial score (nSPS) is 17.3. The van der Waals surface area contributed by atoms with Crippen LogP contribution in [0.5, 0.6) is 0 Å². The highest BCUT2D eigenvalue weighted by molar-refractivity contribution is 7.32. The quantitative estimate of drug-likeness (QED) is 0.161. The fourth-order valence-electron chi connectivity index (χ4n) is 12.7. The van der Waals surface area contributed by atoms with Gasteiger partial charge in [0.2, 0.25) is 0 Å². The monoisotopic (exact) mass is 904 g/mol. The van der Waals surface area contributed by atoms with Crippen LogP contribution in [0.25, 0.3) is 54.3 Å². The molecular weight excluding hydrogens is 844 g/mol. The highest BCUT2D eigenvalue weighted by atomic mass is 32.1. The van der Waals surface area contributed by atoms with E-state index >= 15 is 0 Å². The summed E-state index contributed by atoms with van der Waals surface area (Å²) in [6, 6.07) is 49.6. The van der Waals surface area contributed by atoms with E-state index in [0.29, 0.717) is 0 Å². The summed E-state index contributed by atoms with van der Waals surface area (Å²) in [5, 5.41) is 3.63. The van der Waals surface area contributed by atoms with E-state index in [9.17, 15) is 0 Å². The summed E-state index contributed by atoms with van der Waals surface area (Å²) >= 11 is 2.01. The highest BCUT2D eigenvalue weighted by Gasteiger charge is 2.50. The van der Waals surface area contributed by atoms with Crippen molar-refractivity contribution in [3.8, 4) is 22.3 Å². The third kappa shape index (κ3) is 5.72. The van der Waals surface area contributed by atoms with Crippen LogP contribution in [0.4, 0.5) is 28.4 Å². The van der Waals surface area contributed by atoms with Crippen LogP contribution in [0.1, 0.15) is 129 Å². The van der Waals surface area contributed by atoms with Crippen LogP contribution >= 0.6 is 11.3 Å². The van der Waals surface area contributed by atoms with Crippen molar-refractivity contribution >= 4 is 88.9 Å². The molecule has 0 saturated heterocycles. The number of hydrogen-bond donors (Lipinski definition) is 0. The molecule has 0 saturated carbocycles. The molecule has 4 aliphatic rings. The van der Waals surface area contributed by atoms with Crippen molar-refractivity contribution in [1.82, 2.24) is 0 Å². The van der Waals surface area contributed by atoms with Gasteiger partial charge in [-0.3, -0.25) is 0 Å². The number of rotatable bonds is 2. The van der Waals surface area contributed by atoms with Gasteiger partial charge in [-0.1, -0.05) is 150 Å². The Morgan fingerprint density at radius 1 is 0.529 bits per heavy atom. The molecule has 13 rings (SSSR count). The average Bonchev–Trinajstić information content (AvgIpc) is 3.94. The lowest BCUT2D eigenvalue weighted by molar-refractivity contribution is 0.332. The number of furan rings is 1. The van der Waals surface area contributed by atoms with Gasteiger partial charge < -0.3 is 14.1 Å². The van der Waals surface area contributed by atoms with E-state index in [1.165, 1.54) is 99.4 Å². The van der Waals surface area contributed by atoms with Gasteiger partial charge in [-0.25, -0.2) is 0 Å². The van der Waals surface area contributed by atoms with Gasteiger partial charge in [0.15, 0.2) is 5.58 Å². The molecule has 0 unspecified atom stereocenters. The van der Waals surface area contributed by atoms with Crippen LogP contribution in [0.2, 0.25) is 0 Å². The fraction of sp³-hybridized carbons (Fsp3) is 0.302. The van der Waals surface area contributed by atoms with Crippen molar-refractivity contribution in [1.29, 1.82) is 0 Å². The molecule has 0 atom stereocenters. The predicted molar refractivity (Wildman–Crippen MR) is 293 cm³/mol. The molecule has 0 amide bonds. The first kappa shape index (κ1) is 42.1. The minimum absolute atomic E-state index is 0.0152. The Hall–Kier alpha value is -6.04. The molecule has 2 aliphatic carbocycles. The third-order valence-corrected chi connectivity index (χ3v) is 18.0. The molecule has 3 nitrogen and oxygen atoms in total. The second-order valence-corrected chi connectivity index (χ2v) is 25.5. The van der Waals surface area contributed by atoms with Crippen molar-refractivity contribution in [3.63, 3.8) is 0 Å². The second kappa shape index (κ2) is 13.6. The number of para-hydroxylation sites is 1. The average molecular weight is 905 g/mol. The summed E-state index contributed by atoms with van der Waals surface area (Å²) in [6.45, 7) is 28.4. The first-order valence-electron chi connectivity index (χ1n) is 24.9. The molecule has 2 aromatic heterocycles. The summed E-state index contributed by atoms with van der Waals surface area (Å²) in [4.78, 5) is 5.36. The molecule has 4 heterocycles. The molecule has 0 radical (unpaired) electrons. The lowest BCUT2D eigenvalue weighted by Crippen LogP contribution is -2.60. The molecule has 0 N–H and O–H groups in total. The van der Waals surface area contributed by atoms with Gasteiger partial charge >= 0.3 is 6.85 Å². The lowest BCUT2D eigenvalue weighted by Gasteiger charge is -2.45. The zero-order valence-electron chi connectivity index (χ0n) is 41.8. The van der Waals surface area contributed by atoms with Crippen LogP contribution in [-0.2, 0) is 27.1 Å². The van der Waals surface area contributed by atoms with Gasteiger partial charge in [0.05, 0.1) is 11.4 Å². The predicted octanol–water partition coefficient (Wildman–Crippen LogP) is 16.8. The topological polar surface area (TPSA) is 19.6 Å². The zero-order chi connectivity index (χ0) is 47.2. The Morgan fingerprint density at radius 3 is 1.82 bits per heavy atom. The fourth-order valence-corrected chi connectivity index (χ4v) is 14.0. The van der Waals surface area contributed by atoms with Crippen molar-refractivity contribution in [2.24, 2.45) is 0 Å². The summed E-state index contributed by atoms with van der Waals surface area (Å²) in [7, 11) is 0. The maximum atomic E-state index is 7.28. The van der Waals surface area contributed by atoms with Crippen LogP contribution in [-0.4, -0.2) is 6.85 Å². The van der Waals surface area contributed by atoms with E-state index in [1.54, 1.807) is 0 Å². The number of thiophene rings is 1. The maximum Gasteiger partial charge on any atom is 0.343 e. The summed E-state index contributed by atoms with van der Waals surface area (Å²) in [5.41, 5.74) is 22.9. The first-order chi connectivity index (χ1) is 32.2. The number of nitrogens with zero attached hydrogens (tertiary/aromatic N) is 2. The minimum Gasteiger partial charge on any atom is -0.454 e. The first-order valence-corrected chi connectivity index (χ1v) is 25.7. The Morgan fingerprint density at radius 2 is 1.15 bits per heavy atom. The van der Waals surface area contributed by atoms with Gasteiger partial charge in [0, 0.05) is 53.7 Å². The number of fused-ring (bicyclic) bond motifs is 14. The molecule has 338 valence electrons. The molecule has 0 bridgehead atoms. The van der Waals surface area contributed by atoms with Crippen LogP contribution in [0, 0.1) is 0 Å². The van der Waals surface area contributed by atoms with Crippen molar-refractivity contribution in [3.05, 3.63) is 161 Å². The number of benzene rings is 7. The Balaban J connectivity index is 1.21. The van der Waals surface area contributed by atoms with E-state index in [-0.39, 0.29) is 33.9 Å². The minimum atomic E-state index is -0.164. The molecule has 9 aromatic rings. The van der Waals surface area contributed by atoms with Gasteiger partial charge in [-0.15, -0.1) is 11.3 Å². The molecule has 2 aliphatic heterocycles. The van der Waals surface area contributed by atoms with Crippen molar-refractivity contribution < 1.29 is 4.42 Å². The Labute approximate surface area is 406 Å². The van der Waals surface area contributed by atoms with Crippen LogP contribution < -0.4 is 20.0 Å². The largest absolute Gasteiger partial charge is 0.454 e. The van der Waals surface area contributed by atoms with E-state index < -0.39 is 0 Å². The van der Waals surface area contributed by atoms with Gasteiger partial charge in [0.1, 0.15) is 5.58 Å². The SMILES string of the molecule is CC(C)(C)c1ccc(N2B3c4sc5cc6c(cc5c4N(c4ccc(C(C)(C)C)cc4)c4c3c(cc3c4oc4ccccc43)-c3cc4c(cc32)C(C)(C)c2ccccc2-4)C(C)(C)CCC6(C)C)cc1. The standard InChI is InChI=1S/C63H61BN2OS/c1-59(2,3)36-21-25-38(26-22-36)65-55-46-33-49-50(62(9,10)30-29-61(49,7)8)35-53(46)68-58(55)64-54-44(32-45-41-18-14-16-20-52(41)67-57(45)56(54)65)43-31-42-40-17-13-15-19-47(40)63(11,12)48(42)34-51(43)66(64)39-27-23-37(24-28-39)60(4,5)6/h13-28,31-35H,29-30H2,1-12H3. The Kier molecular flexibility index (Phi) is 8.42. The van der Waals surface area contributed by atoms with Gasteiger partial charge in [0.25, 0.3) is 0 Å². The zero-order valence-corrected chi connectivity index (χ0v) is 42.6. The molecular formula is C63H61BN2OS.